The van der Waals surface area contributed by atoms with Gasteiger partial charge in [0.1, 0.15) is 5.69 Å². The molecular weight excluding hydrogens is 268 g/mol. The fraction of sp³-hybridized carbons (Fsp3) is 0.267. The Morgan fingerprint density at radius 2 is 2.14 bits per heavy atom. The summed E-state index contributed by atoms with van der Waals surface area (Å²) in [5.74, 6) is -0.0948. The Hall–Kier alpha value is -2.63. The summed E-state index contributed by atoms with van der Waals surface area (Å²) in [6, 6.07) is 7.51. The van der Waals surface area contributed by atoms with Crippen LogP contribution < -0.4 is 10.2 Å². The number of benzene rings is 1. The van der Waals surface area contributed by atoms with E-state index in [-0.39, 0.29) is 17.9 Å². The minimum Gasteiger partial charge on any atom is -0.341 e. The highest BCUT2D eigenvalue weighted by molar-refractivity contribution is 6.03. The first-order valence-corrected chi connectivity index (χ1v) is 6.87. The molecule has 1 fully saturated rings. The molecule has 1 aliphatic heterocycles. The van der Waals surface area contributed by atoms with Gasteiger partial charge in [-0.3, -0.25) is 9.59 Å². The molecule has 3 rings (SSSR count). The Labute approximate surface area is 122 Å². The minimum absolute atomic E-state index is 0.150. The average Bonchev–Trinajstić information content (AvgIpc) is 3.11. The van der Waals surface area contributed by atoms with Gasteiger partial charge in [0.05, 0.1) is 12.5 Å². The monoisotopic (exact) mass is 284 g/mol. The first kappa shape index (κ1) is 13.4. The Bertz CT molecular complexity index is 649. The minimum atomic E-state index is -0.245. The number of carbonyl (C=O) groups is 2. The quantitative estimate of drug-likeness (QED) is 0.906. The maximum atomic E-state index is 11.9. The van der Waals surface area contributed by atoms with E-state index in [9.17, 15) is 9.59 Å². The lowest BCUT2D eigenvalue weighted by atomic mass is 10.2. The van der Waals surface area contributed by atoms with Gasteiger partial charge < -0.3 is 15.2 Å². The fourth-order valence-electron chi connectivity index (χ4n) is 2.51. The molecule has 108 valence electrons. The second-order valence-corrected chi connectivity index (χ2v) is 5.12. The molecule has 1 aliphatic rings. The normalized spacial score (nSPS) is 18.0. The van der Waals surface area contributed by atoms with Crippen molar-refractivity contribution >= 4 is 23.2 Å². The van der Waals surface area contributed by atoms with Crippen LogP contribution in [0.3, 0.4) is 0 Å². The molecule has 21 heavy (non-hydrogen) atoms. The van der Waals surface area contributed by atoms with Crippen LogP contribution in [0.5, 0.6) is 0 Å². The Morgan fingerprint density at radius 3 is 2.71 bits per heavy atom. The first-order valence-electron chi connectivity index (χ1n) is 6.87. The highest BCUT2D eigenvalue weighted by atomic mass is 16.2. The number of nitrogens with one attached hydrogen (secondary N) is 2. The molecule has 2 heterocycles. The summed E-state index contributed by atoms with van der Waals surface area (Å²) in [5, 5.41) is 2.77. The van der Waals surface area contributed by atoms with Gasteiger partial charge in [-0.15, -0.1) is 0 Å². The zero-order chi connectivity index (χ0) is 14.8. The predicted molar refractivity (Wildman–Crippen MR) is 79.2 cm³/mol. The second kappa shape index (κ2) is 5.40. The molecule has 1 saturated heterocycles. The molecule has 1 aromatic carbocycles. The Kier molecular flexibility index (Phi) is 3.43. The lowest BCUT2D eigenvalue weighted by Gasteiger charge is -2.21. The van der Waals surface area contributed by atoms with E-state index in [4.69, 9.17) is 0 Å². The molecule has 1 aromatic heterocycles. The van der Waals surface area contributed by atoms with Crippen molar-refractivity contribution in [1.29, 1.82) is 0 Å². The van der Waals surface area contributed by atoms with E-state index in [0.717, 1.165) is 12.1 Å². The van der Waals surface area contributed by atoms with Crippen LogP contribution in [0.25, 0.3) is 0 Å². The van der Waals surface area contributed by atoms with E-state index in [1.165, 1.54) is 12.5 Å². The third-order valence-corrected chi connectivity index (χ3v) is 3.63. The third-order valence-electron chi connectivity index (χ3n) is 3.63. The molecule has 0 unspecified atom stereocenters. The Morgan fingerprint density at radius 1 is 1.38 bits per heavy atom. The van der Waals surface area contributed by atoms with Crippen LogP contribution in [0.2, 0.25) is 0 Å². The SMILES string of the molecule is C[C@H]1CCC(=O)N1c1ccc(NC(=O)c2cnc[nH]2)cc1. The highest BCUT2D eigenvalue weighted by Gasteiger charge is 2.28. The summed E-state index contributed by atoms with van der Waals surface area (Å²) in [5.41, 5.74) is 1.95. The van der Waals surface area contributed by atoms with Crippen molar-refractivity contribution in [2.45, 2.75) is 25.8 Å². The maximum Gasteiger partial charge on any atom is 0.273 e. The molecule has 0 spiro atoms. The highest BCUT2D eigenvalue weighted by Crippen LogP contribution is 2.27. The number of nitrogens with zero attached hydrogens (tertiary/aromatic N) is 2. The summed E-state index contributed by atoms with van der Waals surface area (Å²) in [6.07, 6.45) is 4.41. The van der Waals surface area contributed by atoms with E-state index in [1.807, 2.05) is 19.1 Å². The lowest BCUT2D eigenvalue weighted by Crippen LogP contribution is -2.30. The van der Waals surface area contributed by atoms with E-state index in [2.05, 4.69) is 15.3 Å². The molecule has 0 bridgehead atoms. The van der Waals surface area contributed by atoms with Crippen molar-refractivity contribution in [2.24, 2.45) is 0 Å². The number of carbonyl (C=O) groups excluding carboxylic acids is 2. The largest absolute Gasteiger partial charge is 0.341 e. The average molecular weight is 284 g/mol. The molecule has 2 amide bonds. The van der Waals surface area contributed by atoms with Gasteiger partial charge in [-0.1, -0.05) is 0 Å². The fourth-order valence-corrected chi connectivity index (χ4v) is 2.51. The van der Waals surface area contributed by atoms with Crippen LogP contribution in [0.1, 0.15) is 30.3 Å². The molecular formula is C15H16N4O2. The summed E-state index contributed by atoms with van der Waals surface area (Å²) >= 11 is 0. The summed E-state index contributed by atoms with van der Waals surface area (Å²) < 4.78 is 0. The molecule has 0 radical (unpaired) electrons. The van der Waals surface area contributed by atoms with Crippen molar-refractivity contribution in [1.82, 2.24) is 9.97 Å². The first-order chi connectivity index (χ1) is 10.1. The molecule has 6 nitrogen and oxygen atoms in total. The number of hydrogen-bond donors (Lipinski definition) is 2. The molecule has 6 heteroatoms. The number of anilines is 2. The second-order valence-electron chi connectivity index (χ2n) is 5.12. The van der Waals surface area contributed by atoms with Gasteiger partial charge in [0.2, 0.25) is 5.91 Å². The van der Waals surface area contributed by atoms with E-state index >= 15 is 0 Å². The van der Waals surface area contributed by atoms with E-state index in [1.54, 1.807) is 17.0 Å². The number of imidazole rings is 1. The number of rotatable bonds is 3. The maximum absolute atomic E-state index is 11.9. The van der Waals surface area contributed by atoms with Crippen LogP contribution in [0, 0.1) is 0 Å². The zero-order valence-electron chi connectivity index (χ0n) is 11.7. The Balaban J connectivity index is 1.72. The summed E-state index contributed by atoms with van der Waals surface area (Å²) in [6.45, 7) is 2.04. The van der Waals surface area contributed by atoms with Crippen molar-refractivity contribution in [2.75, 3.05) is 10.2 Å². The lowest BCUT2D eigenvalue weighted by molar-refractivity contribution is -0.117. The molecule has 0 saturated carbocycles. The van der Waals surface area contributed by atoms with Crippen molar-refractivity contribution in [3.8, 4) is 0 Å². The standard InChI is InChI=1S/C15H16N4O2/c1-10-2-7-14(20)19(10)12-5-3-11(4-6-12)18-15(21)13-8-16-9-17-13/h3-6,8-10H,2,7H2,1H3,(H,16,17)(H,18,21)/t10-/m0/s1. The molecule has 2 aromatic rings. The zero-order valence-corrected chi connectivity index (χ0v) is 11.7. The van der Waals surface area contributed by atoms with E-state index < -0.39 is 0 Å². The van der Waals surface area contributed by atoms with E-state index in [0.29, 0.717) is 17.8 Å². The van der Waals surface area contributed by atoms with Gasteiger partial charge in [-0.2, -0.15) is 0 Å². The van der Waals surface area contributed by atoms with Crippen LogP contribution >= 0.6 is 0 Å². The van der Waals surface area contributed by atoms with Crippen molar-refractivity contribution in [3.05, 3.63) is 42.5 Å². The van der Waals surface area contributed by atoms with Crippen molar-refractivity contribution in [3.63, 3.8) is 0 Å². The van der Waals surface area contributed by atoms with Crippen LogP contribution in [-0.4, -0.2) is 27.8 Å². The van der Waals surface area contributed by atoms with Gasteiger partial charge in [0.25, 0.3) is 5.91 Å². The van der Waals surface area contributed by atoms with Gasteiger partial charge in [-0.25, -0.2) is 4.98 Å². The van der Waals surface area contributed by atoms with Crippen molar-refractivity contribution < 1.29 is 9.59 Å². The molecule has 2 N–H and O–H groups in total. The molecule has 1 atom stereocenters. The number of aromatic amines is 1. The van der Waals surface area contributed by atoms with Crippen LogP contribution in [0.15, 0.2) is 36.8 Å². The van der Waals surface area contributed by atoms with Crippen LogP contribution in [0.4, 0.5) is 11.4 Å². The predicted octanol–water partition coefficient (Wildman–Crippen LogP) is 2.18. The summed E-state index contributed by atoms with van der Waals surface area (Å²) in [7, 11) is 0. The number of H-pyrrole nitrogens is 1. The van der Waals surface area contributed by atoms with Gasteiger partial charge >= 0.3 is 0 Å². The number of aromatic nitrogens is 2. The topological polar surface area (TPSA) is 78.1 Å². The number of amides is 2. The molecule has 0 aliphatic carbocycles. The smallest absolute Gasteiger partial charge is 0.273 e. The van der Waals surface area contributed by atoms with Crippen LogP contribution in [-0.2, 0) is 4.79 Å². The number of hydrogen-bond acceptors (Lipinski definition) is 3. The van der Waals surface area contributed by atoms with Gasteiger partial charge in [-0.05, 0) is 37.6 Å². The third kappa shape index (κ3) is 2.65. The van der Waals surface area contributed by atoms with Gasteiger partial charge in [0, 0.05) is 23.8 Å². The van der Waals surface area contributed by atoms with Gasteiger partial charge in [0.15, 0.2) is 0 Å². The summed E-state index contributed by atoms with van der Waals surface area (Å²) in [4.78, 5) is 32.1.